The fraction of sp³-hybridized carbons (Fsp3) is 0.136. The van der Waals surface area contributed by atoms with Crippen molar-refractivity contribution in [2.75, 3.05) is 5.01 Å². The second-order valence-corrected chi connectivity index (χ2v) is 5.83. The highest BCUT2D eigenvalue weighted by molar-refractivity contribution is 6.01. The Balaban J connectivity index is 1.96. The quantitative estimate of drug-likeness (QED) is 0.497. The first kappa shape index (κ1) is 16.8. The number of hydrazone groups is 1. The topological polar surface area (TPSA) is 35.8 Å². The zero-order valence-electron chi connectivity index (χ0n) is 14.3. The van der Waals surface area contributed by atoms with Gasteiger partial charge in [-0.3, -0.25) is 5.01 Å². The van der Waals surface area contributed by atoms with Gasteiger partial charge >= 0.3 is 0 Å². The van der Waals surface area contributed by atoms with Crippen molar-refractivity contribution >= 4 is 11.4 Å². The molecule has 3 heteroatoms. The molecule has 1 N–H and O–H groups in total. The summed E-state index contributed by atoms with van der Waals surface area (Å²) in [6.07, 6.45) is 0.808. The van der Waals surface area contributed by atoms with E-state index in [1.165, 1.54) is 5.56 Å². The molecule has 25 heavy (non-hydrogen) atoms. The van der Waals surface area contributed by atoms with Gasteiger partial charge in [-0.1, -0.05) is 55.5 Å². The summed E-state index contributed by atoms with van der Waals surface area (Å²) in [7, 11) is 0. The molecule has 0 fully saturated rings. The lowest BCUT2D eigenvalue weighted by Gasteiger charge is -2.21. The lowest BCUT2D eigenvalue weighted by atomic mass is 10.1. The predicted octanol–water partition coefficient (Wildman–Crippen LogP) is 5.21. The Morgan fingerprint density at radius 2 is 1.44 bits per heavy atom. The zero-order chi connectivity index (χ0) is 17.5. The first-order valence-corrected chi connectivity index (χ1v) is 8.49. The third-order valence-corrected chi connectivity index (χ3v) is 4.01. The maximum atomic E-state index is 9.52. The summed E-state index contributed by atoms with van der Waals surface area (Å²) in [4.78, 5) is 0. The molecule has 0 unspecified atom stereocenters. The average Bonchev–Trinajstić information content (AvgIpc) is 2.67. The largest absolute Gasteiger partial charge is 0.508 e. The number of aromatic hydroxyl groups is 1. The van der Waals surface area contributed by atoms with Crippen molar-refractivity contribution in [2.24, 2.45) is 5.10 Å². The van der Waals surface area contributed by atoms with E-state index in [1.54, 1.807) is 12.1 Å². The van der Waals surface area contributed by atoms with Crippen molar-refractivity contribution in [1.82, 2.24) is 0 Å². The van der Waals surface area contributed by atoms with Gasteiger partial charge in [0.1, 0.15) is 5.75 Å². The summed E-state index contributed by atoms with van der Waals surface area (Å²) in [6, 6.07) is 27.7. The van der Waals surface area contributed by atoms with Gasteiger partial charge in [0.05, 0.1) is 17.9 Å². The molecule has 0 aliphatic heterocycles. The normalized spacial score (nSPS) is 11.3. The van der Waals surface area contributed by atoms with E-state index in [0.29, 0.717) is 6.54 Å². The predicted molar refractivity (Wildman–Crippen MR) is 104 cm³/mol. The number of anilines is 1. The third kappa shape index (κ3) is 4.48. The van der Waals surface area contributed by atoms with Gasteiger partial charge in [-0.2, -0.15) is 5.10 Å². The first-order chi connectivity index (χ1) is 12.3. The van der Waals surface area contributed by atoms with Crippen LogP contribution in [-0.2, 0) is 6.54 Å². The van der Waals surface area contributed by atoms with Crippen molar-refractivity contribution < 1.29 is 5.11 Å². The minimum Gasteiger partial charge on any atom is -0.508 e. The number of hydrogen-bond donors (Lipinski definition) is 1. The fourth-order valence-corrected chi connectivity index (χ4v) is 2.67. The fourth-order valence-electron chi connectivity index (χ4n) is 2.67. The third-order valence-electron chi connectivity index (χ3n) is 4.01. The molecule has 0 atom stereocenters. The van der Waals surface area contributed by atoms with Crippen LogP contribution >= 0.6 is 0 Å². The second kappa shape index (κ2) is 8.15. The molecule has 3 aromatic carbocycles. The van der Waals surface area contributed by atoms with Crippen LogP contribution in [0.5, 0.6) is 5.75 Å². The van der Waals surface area contributed by atoms with Crippen LogP contribution in [0.15, 0.2) is 90.0 Å². The van der Waals surface area contributed by atoms with Crippen LogP contribution in [0.3, 0.4) is 0 Å². The Morgan fingerprint density at radius 1 is 0.840 bits per heavy atom. The summed E-state index contributed by atoms with van der Waals surface area (Å²) in [5.74, 6) is 0.267. The summed E-state index contributed by atoms with van der Waals surface area (Å²) in [5, 5.41) is 16.5. The molecule has 0 spiro atoms. The lowest BCUT2D eigenvalue weighted by Crippen LogP contribution is -2.19. The molecule has 0 saturated heterocycles. The van der Waals surface area contributed by atoms with E-state index in [0.717, 1.165) is 23.4 Å². The molecule has 0 bridgehead atoms. The van der Waals surface area contributed by atoms with Crippen LogP contribution in [-0.4, -0.2) is 10.8 Å². The van der Waals surface area contributed by atoms with Gasteiger partial charge in [-0.15, -0.1) is 0 Å². The lowest BCUT2D eigenvalue weighted by molar-refractivity contribution is 0.475. The van der Waals surface area contributed by atoms with E-state index in [9.17, 15) is 5.11 Å². The van der Waals surface area contributed by atoms with Crippen molar-refractivity contribution in [3.05, 3.63) is 96.1 Å². The van der Waals surface area contributed by atoms with E-state index in [-0.39, 0.29) is 5.75 Å². The van der Waals surface area contributed by atoms with Crippen LogP contribution in [0, 0.1) is 0 Å². The highest BCUT2D eigenvalue weighted by atomic mass is 16.3. The van der Waals surface area contributed by atoms with Crippen molar-refractivity contribution in [2.45, 2.75) is 19.9 Å². The number of rotatable bonds is 6. The number of phenolic OH excluding ortho intramolecular Hbond substituents is 1. The molecule has 0 amide bonds. The average molecular weight is 330 g/mol. The summed E-state index contributed by atoms with van der Waals surface area (Å²) >= 11 is 0. The van der Waals surface area contributed by atoms with E-state index < -0.39 is 0 Å². The van der Waals surface area contributed by atoms with E-state index in [2.05, 4.69) is 31.2 Å². The molecule has 0 aliphatic rings. The maximum absolute atomic E-state index is 9.52. The molecule has 3 aromatic rings. The van der Waals surface area contributed by atoms with Crippen molar-refractivity contribution in [1.29, 1.82) is 0 Å². The molecule has 126 valence electrons. The zero-order valence-corrected chi connectivity index (χ0v) is 14.3. The van der Waals surface area contributed by atoms with Gasteiger partial charge in [0.2, 0.25) is 0 Å². The Labute approximate surface area is 148 Å². The summed E-state index contributed by atoms with van der Waals surface area (Å²) in [5.41, 5.74) is 4.27. The highest BCUT2D eigenvalue weighted by Gasteiger charge is 2.09. The smallest absolute Gasteiger partial charge is 0.115 e. The van der Waals surface area contributed by atoms with Gasteiger partial charge in [0.25, 0.3) is 0 Å². The highest BCUT2D eigenvalue weighted by Crippen LogP contribution is 2.20. The molecule has 0 radical (unpaired) electrons. The number of para-hydroxylation sites is 1. The standard InChI is InChI=1S/C22H22N2O/c1-2-22(19-13-15-21(25)16-14-19)23-24(20-11-7-4-8-12-20)17-18-9-5-3-6-10-18/h3-16,25H,2,17H2,1H3/b23-22+. The van der Waals surface area contributed by atoms with Gasteiger partial charge in [0.15, 0.2) is 0 Å². The second-order valence-electron chi connectivity index (χ2n) is 5.83. The van der Waals surface area contributed by atoms with Gasteiger partial charge in [-0.05, 0) is 53.9 Å². The number of nitrogens with zero attached hydrogens (tertiary/aromatic N) is 2. The minimum absolute atomic E-state index is 0.267. The van der Waals surface area contributed by atoms with Crippen molar-refractivity contribution in [3.63, 3.8) is 0 Å². The Kier molecular flexibility index (Phi) is 5.47. The Hall–Kier alpha value is -3.07. The number of benzene rings is 3. The first-order valence-electron chi connectivity index (χ1n) is 8.49. The number of phenols is 1. The molecule has 0 aliphatic carbocycles. The minimum atomic E-state index is 0.267. The monoisotopic (exact) mass is 330 g/mol. The summed E-state index contributed by atoms with van der Waals surface area (Å²) < 4.78 is 0. The molecule has 0 aromatic heterocycles. The van der Waals surface area contributed by atoms with E-state index in [4.69, 9.17) is 5.10 Å². The van der Waals surface area contributed by atoms with Crippen LogP contribution in [0.1, 0.15) is 24.5 Å². The van der Waals surface area contributed by atoms with Crippen LogP contribution in [0.25, 0.3) is 0 Å². The number of hydrogen-bond acceptors (Lipinski definition) is 3. The van der Waals surface area contributed by atoms with E-state index in [1.807, 2.05) is 53.5 Å². The summed E-state index contributed by atoms with van der Waals surface area (Å²) in [6.45, 7) is 2.80. The van der Waals surface area contributed by atoms with Gasteiger partial charge in [-0.25, -0.2) is 0 Å². The van der Waals surface area contributed by atoms with Crippen molar-refractivity contribution in [3.8, 4) is 5.75 Å². The Bertz CT molecular complexity index is 812. The van der Waals surface area contributed by atoms with Gasteiger partial charge in [0, 0.05) is 0 Å². The molecule has 0 heterocycles. The SMILES string of the molecule is CC/C(=N\N(Cc1ccccc1)c1ccccc1)c1ccc(O)cc1. The van der Waals surface area contributed by atoms with Crippen LogP contribution < -0.4 is 5.01 Å². The maximum Gasteiger partial charge on any atom is 0.115 e. The molecule has 3 nitrogen and oxygen atoms in total. The van der Waals surface area contributed by atoms with E-state index >= 15 is 0 Å². The van der Waals surface area contributed by atoms with Gasteiger partial charge < -0.3 is 5.11 Å². The molecule has 0 saturated carbocycles. The van der Waals surface area contributed by atoms with Crippen LogP contribution in [0.2, 0.25) is 0 Å². The molecule has 3 rings (SSSR count). The van der Waals surface area contributed by atoms with Crippen LogP contribution in [0.4, 0.5) is 5.69 Å². The Morgan fingerprint density at radius 3 is 2.04 bits per heavy atom. The molecular formula is C22H22N2O. The molecular weight excluding hydrogens is 308 g/mol.